The number of allylic oxidation sites excluding steroid dienone is 3. The summed E-state index contributed by atoms with van der Waals surface area (Å²) in [7, 11) is 3.87. The van der Waals surface area contributed by atoms with Gasteiger partial charge < -0.3 is 29.5 Å². The monoisotopic (exact) mass is 571 g/mol. The average Bonchev–Trinajstić information content (AvgIpc) is 2.92. The van der Waals surface area contributed by atoms with E-state index in [0.717, 1.165) is 11.3 Å². The van der Waals surface area contributed by atoms with Gasteiger partial charge in [0.25, 0.3) is 0 Å². The third kappa shape index (κ3) is 11.4. The van der Waals surface area contributed by atoms with Crippen molar-refractivity contribution >= 4 is 12.1 Å². The van der Waals surface area contributed by atoms with E-state index in [1.807, 2.05) is 82.3 Å². The maximum absolute atomic E-state index is 13.1. The van der Waals surface area contributed by atoms with E-state index < -0.39 is 36.0 Å². The van der Waals surface area contributed by atoms with E-state index in [-0.39, 0.29) is 31.1 Å². The molecule has 228 valence electrons. The summed E-state index contributed by atoms with van der Waals surface area (Å²) >= 11 is 0. The number of aromatic nitrogens is 1. The highest BCUT2D eigenvalue weighted by molar-refractivity contribution is 5.70. The second kappa shape index (κ2) is 16.4. The molecule has 9 nitrogen and oxygen atoms in total. The molecule has 0 spiro atoms. The molecule has 0 saturated heterocycles. The summed E-state index contributed by atoms with van der Waals surface area (Å²) in [5.41, 5.74) is 0.308. The zero-order valence-electron chi connectivity index (χ0n) is 25.7. The molecule has 41 heavy (non-hydrogen) atoms. The molecule has 6 atom stereocenters. The predicted octanol–water partition coefficient (Wildman–Crippen LogP) is 4.48. The number of amides is 1. The summed E-state index contributed by atoms with van der Waals surface area (Å²) in [6.07, 6.45) is 8.08. The van der Waals surface area contributed by atoms with Gasteiger partial charge in [-0.3, -0.25) is 9.78 Å². The van der Waals surface area contributed by atoms with Crippen molar-refractivity contribution in [3.05, 3.63) is 66.0 Å². The molecular formula is C32H49N3O6. The van der Waals surface area contributed by atoms with Gasteiger partial charge in [-0.1, -0.05) is 44.2 Å². The lowest BCUT2D eigenvalue weighted by Gasteiger charge is -2.34. The van der Waals surface area contributed by atoms with Gasteiger partial charge in [-0.15, -0.1) is 0 Å². The molecule has 9 heteroatoms. The SMILES string of the molecule is CCN(CCN(C)C)C(=O)O[C@H]1/C=C/[C@H](C)[C@@H](/C(C)=C/C=C/[C@@H](C)c2ccccn2)OC(=O)C[C@H](O)CC[C@@]1(C)O. The Morgan fingerprint density at radius 3 is 2.66 bits per heavy atom. The number of carbonyl (C=O) groups is 2. The fourth-order valence-electron chi connectivity index (χ4n) is 4.55. The molecule has 1 aromatic heterocycles. The van der Waals surface area contributed by atoms with Crippen LogP contribution in [-0.4, -0.2) is 94.7 Å². The van der Waals surface area contributed by atoms with E-state index in [4.69, 9.17) is 9.47 Å². The standard InChI is InChI=1S/C32H49N3O6/c1-8-35(21-20-34(6)7)31(38)40-28-16-15-25(4)30(41-29(37)22-26(36)17-18-32(28,5)39)24(3)13-11-12-23(2)27-14-9-10-19-33-27/h9-16,19,23,25-26,28,30,36,39H,8,17-18,20-22H2,1-7H3/b12-11+,16-15+,24-13+/t23-,25+,26-,28+,30-,32-/m1/s1. The number of cyclic esters (lactones) is 1. The summed E-state index contributed by atoms with van der Waals surface area (Å²) in [6, 6.07) is 5.80. The maximum atomic E-state index is 13.1. The van der Waals surface area contributed by atoms with Crippen LogP contribution in [0.4, 0.5) is 4.79 Å². The Morgan fingerprint density at radius 2 is 2.02 bits per heavy atom. The van der Waals surface area contributed by atoms with Crippen molar-refractivity contribution in [3.63, 3.8) is 0 Å². The van der Waals surface area contributed by atoms with Crippen molar-refractivity contribution < 1.29 is 29.3 Å². The molecule has 1 aliphatic heterocycles. The molecule has 1 aliphatic rings. The Kier molecular flexibility index (Phi) is 13.7. The lowest BCUT2D eigenvalue weighted by atomic mass is 9.88. The molecule has 0 fully saturated rings. The van der Waals surface area contributed by atoms with Gasteiger partial charge in [-0.2, -0.15) is 0 Å². The number of pyridine rings is 1. The highest BCUT2D eigenvalue weighted by Crippen LogP contribution is 2.27. The highest BCUT2D eigenvalue weighted by Gasteiger charge is 2.36. The van der Waals surface area contributed by atoms with E-state index in [9.17, 15) is 19.8 Å². The second-order valence-electron chi connectivity index (χ2n) is 11.4. The Labute approximate surface area is 245 Å². The number of hydrogen-bond donors (Lipinski definition) is 2. The number of likely N-dealkylation sites (N-methyl/N-ethyl adjacent to an activating group) is 2. The number of aliphatic hydroxyl groups excluding tert-OH is 1. The van der Waals surface area contributed by atoms with Crippen LogP contribution in [0.2, 0.25) is 0 Å². The smallest absolute Gasteiger partial charge is 0.410 e. The minimum Gasteiger partial charge on any atom is -0.457 e. The van der Waals surface area contributed by atoms with Crippen LogP contribution in [0.25, 0.3) is 0 Å². The summed E-state index contributed by atoms with van der Waals surface area (Å²) in [4.78, 5) is 33.7. The van der Waals surface area contributed by atoms with Crippen LogP contribution in [0.5, 0.6) is 0 Å². The number of carbonyl (C=O) groups excluding carboxylic acids is 2. The zero-order valence-corrected chi connectivity index (χ0v) is 25.7. The number of nitrogens with zero attached hydrogens (tertiary/aromatic N) is 3. The fourth-order valence-corrected chi connectivity index (χ4v) is 4.55. The summed E-state index contributed by atoms with van der Waals surface area (Å²) in [5.74, 6) is -0.713. The molecule has 0 bridgehead atoms. The van der Waals surface area contributed by atoms with Crippen molar-refractivity contribution in [1.29, 1.82) is 0 Å². The number of esters is 1. The number of ether oxygens (including phenoxy) is 2. The molecule has 0 aromatic carbocycles. The normalized spacial score (nSPS) is 28.0. The van der Waals surface area contributed by atoms with Gasteiger partial charge in [0.1, 0.15) is 11.7 Å². The first kappa shape index (κ1) is 34.2. The Morgan fingerprint density at radius 1 is 1.29 bits per heavy atom. The first-order chi connectivity index (χ1) is 19.3. The molecular weight excluding hydrogens is 522 g/mol. The van der Waals surface area contributed by atoms with E-state index in [1.54, 1.807) is 24.1 Å². The van der Waals surface area contributed by atoms with Gasteiger partial charge in [0.2, 0.25) is 0 Å². The maximum Gasteiger partial charge on any atom is 0.410 e. The van der Waals surface area contributed by atoms with Gasteiger partial charge in [0.15, 0.2) is 6.10 Å². The lowest BCUT2D eigenvalue weighted by molar-refractivity contribution is -0.151. The van der Waals surface area contributed by atoms with Crippen LogP contribution in [-0.2, 0) is 14.3 Å². The molecule has 2 heterocycles. The molecule has 1 amide bonds. The van der Waals surface area contributed by atoms with Crippen LogP contribution in [0.1, 0.15) is 65.5 Å². The van der Waals surface area contributed by atoms with Gasteiger partial charge >= 0.3 is 12.1 Å². The van der Waals surface area contributed by atoms with Crippen molar-refractivity contribution in [2.45, 2.75) is 83.7 Å². The molecule has 0 unspecified atom stereocenters. The average molecular weight is 572 g/mol. The third-order valence-corrected chi connectivity index (χ3v) is 7.37. The number of hydrogen-bond acceptors (Lipinski definition) is 8. The Bertz CT molecular complexity index is 1050. The topological polar surface area (TPSA) is 112 Å². The third-order valence-electron chi connectivity index (χ3n) is 7.37. The predicted molar refractivity (Wildman–Crippen MR) is 160 cm³/mol. The van der Waals surface area contributed by atoms with Gasteiger partial charge in [0, 0.05) is 43.4 Å². The van der Waals surface area contributed by atoms with Crippen molar-refractivity contribution in [2.75, 3.05) is 33.7 Å². The molecule has 1 aromatic rings. The van der Waals surface area contributed by atoms with Crippen LogP contribution >= 0.6 is 0 Å². The lowest BCUT2D eigenvalue weighted by Crippen LogP contribution is -2.46. The van der Waals surface area contributed by atoms with E-state index in [2.05, 4.69) is 11.9 Å². The minimum atomic E-state index is -1.46. The highest BCUT2D eigenvalue weighted by atomic mass is 16.6. The van der Waals surface area contributed by atoms with Gasteiger partial charge in [0.05, 0.1) is 12.5 Å². The largest absolute Gasteiger partial charge is 0.457 e. The van der Waals surface area contributed by atoms with E-state index in [0.29, 0.717) is 19.6 Å². The number of aliphatic hydroxyl groups is 2. The van der Waals surface area contributed by atoms with Gasteiger partial charge in [-0.25, -0.2) is 4.79 Å². The number of rotatable bonds is 9. The second-order valence-corrected chi connectivity index (χ2v) is 11.4. The first-order valence-corrected chi connectivity index (χ1v) is 14.5. The summed E-state index contributed by atoms with van der Waals surface area (Å²) < 4.78 is 11.7. The molecule has 0 saturated carbocycles. The van der Waals surface area contributed by atoms with Crippen molar-refractivity contribution in [1.82, 2.24) is 14.8 Å². The molecule has 2 N–H and O–H groups in total. The van der Waals surface area contributed by atoms with Crippen LogP contribution in [0.15, 0.2) is 60.3 Å². The zero-order chi connectivity index (χ0) is 30.6. The Hall–Kier alpha value is -3.01. The Balaban J connectivity index is 2.31. The first-order valence-electron chi connectivity index (χ1n) is 14.5. The van der Waals surface area contributed by atoms with Crippen LogP contribution in [0, 0.1) is 5.92 Å². The van der Waals surface area contributed by atoms with Gasteiger partial charge in [-0.05, 0) is 71.5 Å². The quantitative estimate of drug-likeness (QED) is 0.254. The summed E-state index contributed by atoms with van der Waals surface area (Å²) in [6.45, 7) is 10.9. The van der Waals surface area contributed by atoms with Crippen molar-refractivity contribution in [3.8, 4) is 0 Å². The van der Waals surface area contributed by atoms with Crippen LogP contribution in [0.3, 0.4) is 0 Å². The van der Waals surface area contributed by atoms with Crippen LogP contribution < -0.4 is 0 Å². The minimum absolute atomic E-state index is 0.102. The summed E-state index contributed by atoms with van der Waals surface area (Å²) in [5, 5.41) is 21.9. The fraction of sp³-hybridized carbons (Fsp3) is 0.594. The molecule has 0 aliphatic carbocycles. The molecule has 0 radical (unpaired) electrons. The van der Waals surface area contributed by atoms with Crippen molar-refractivity contribution in [2.24, 2.45) is 5.92 Å². The molecule has 2 rings (SSSR count). The van der Waals surface area contributed by atoms with E-state index >= 15 is 0 Å². The van der Waals surface area contributed by atoms with E-state index in [1.165, 1.54) is 0 Å².